The van der Waals surface area contributed by atoms with Gasteiger partial charge in [-0.2, -0.15) is 10.4 Å². The van der Waals surface area contributed by atoms with E-state index in [1.54, 1.807) is 41.2 Å². The van der Waals surface area contributed by atoms with Crippen LogP contribution in [0.1, 0.15) is 41.0 Å². The number of carboxylic acid groups (broad SMARTS) is 1. The summed E-state index contributed by atoms with van der Waals surface area (Å²) in [4.78, 5) is 10.5. The number of phenols is 1. The Morgan fingerprint density at radius 2 is 1.95 bits per heavy atom. The largest absolute Gasteiger partial charge is 0.508 e. The molecule has 0 fully saturated rings. The molecule has 2 N–H and O–H groups in total. The Morgan fingerprint density at radius 1 is 1.15 bits per heavy atom. The highest BCUT2D eigenvalue weighted by atomic mass is 19.1. The third-order valence-electron chi connectivity index (χ3n) is 6.92. The Bertz CT molecular complexity index is 1590. The second-order valence-corrected chi connectivity index (χ2v) is 9.45. The van der Waals surface area contributed by atoms with Crippen LogP contribution in [0.4, 0.5) is 4.39 Å². The molecule has 6 rings (SSSR count). The summed E-state index contributed by atoms with van der Waals surface area (Å²) in [7, 11) is 1.85. The Balaban J connectivity index is 0.000000186. The number of nitriles is 1. The summed E-state index contributed by atoms with van der Waals surface area (Å²) >= 11 is 0. The van der Waals surface area contributed by atoms with Crippen molar-refractivity contribution in [2.45, 2.75) is 31.6 Å². The minimum Gasteiger partial charge on any atom is -0.508 e. The molecule has 0 amide bonds. The van der Waals surface area contributed by atoms with Crippen LogP contribution in [-0.4, -0.2) is 32.6 Å². The highest BCUT2D eigenvalue weighted by Crippen LogP contribution is 2.38. The fourth-order valence-electron chi connectivity index (χ4n) is 5.01. The molecule has 4 aromatic rings. The smallest absolute Gasteiger partial charge is 0.304 e. The molecule has 0 saturated carbocycles. The molecule has 2 aliphatic rings. The van der Waals surface area contributed by atoms with Crippen LogP contribution in [-0.2, 0) is 24.7 Å². The fraction of sp³-hybridized carbons (Fsp3) is 0.233. The lowest BCUT2D eigenvalue weighted by Gasteiger charge is -2.13. The highest BCUT2D eigenvalue weighted by molar-refractivity contribution is 5.69. The Hall–Kier alpha value is -4.84. The highest BCUT2D eigenvalue weighted by Gasteiger charge is 2.26. The fourth-order valence-corrected chi connectivity index (χ4v) is 5.01. The molecule has 0 spiro atoms. The molecule has 0 bridgehead atoms. The van der Waals surface area contributed by atoms with Crippen molar-refractivity contribution in [3.05, 3.63) is 88.9 Å². The number of halogens is 1. The second kappa shape index (κ2) is 10.9. The number of hydrogen-bond acceptors (Lipinski definition) is 6. The maximum Gasteiger partial charge on any atom is 0.304 e. The number of phenolic OH excluding ortho intramolecular Hbond substituents is 1. The summed E-state index contributed by atoms with van der Waals surface area (Å²) in [5, 5.41) is 31.5. The number of carboxylic acids is 1. The van der Waals surface area contributed by atoms with Crippen molar-refractivity contribution in [2.75, 3.05) is 6.61 Å². The number of aromatic nitrogens is 2. The standard InChI is InChI=1S/C20H16FN3O.C10H10O4/c1-24-18(9-10-23-24)13-5-7-19(14(11-13)12-22)25-20-8-6-17(21)15-3-2-4-16(15)20;11-7-1-2-8-6(3-10(12)13)5-14-9(8)4-7/h5-11H,2-4H2,1H3;1-2,4,6,11H,3,5H2,(H,12,13). The number of fused-ring (bicyclic) bond motifs is 2. The molecular weight excluding hydrogens is 501 g/mol. The molecule has 0 radical (unpaired) electrons. The normalized spacial score (nSPS) is 14.8. The van der Waals surface area contributed by atoms with Gasteiger partial charge in [0.05, 0.1) is 24.3 Å². The number of aliphatic carboxylic acids is 1. The van der Waals surface area contributed by atoms with Crippen molar-refractivity contribution < 1.29 is 28.9 Å². The van der Waals surface area contributed by atoms with Gasteiger partial charge in [0, 0.05) is 41.9 Å². The summed E-state index contributed by atoms with van der Waals surface area (Å²) < 4.78 is 26.9. The average molecular weight is 528 g/mol. The van der Waals surface area contributed by atoms with Gasteiger partial charge < -0.3 is 19.7 Å². The maximum absolute atomic E-state index is 13.9. The molecule has 39 heavy (non-hydrogen) atoms. The summed E-state index contributed by atoms with van der Waals surface area (Å²) in [5.74, 6) is 0.748. The van der Waals surface area contributed by atoms with Gasteiger partial charge in [-0.15, -0.1) is 0 Å². The average Bonchev–Trinajstić information content (AvgIpc) is 3.67. The molecule has 9 heteroatoms. The first kappa shape index (κ1) is 25.8. The van der Waals surface area contributed by atoms with E-state index in [0.717, 1.165) is 47.2 Å². The van der Waals surface area contributed by atoms with E-state index in [-0.39, 0.29) is 23.9 Å². The van der Waals surface area contributed by atoms with E-state index in [9.17, 15) is 14.4 Å². The third-order valence-corrected chi connectivity index (χ3v) is 6.92. The van der Waals surface area contributed by atoms with E-state index in [1.165, 1.54) is 12.1 Å². The van der Waals surface area contributed by atoms with Crippen molar-refractivity contribution in [2.24, 2.45) is 7.05 Å². The lowest BCUT2D eigenvalue weighted by Crippen LogP contribution is -2.07. The van der Waals surface area contributed by atoms with Crippen molar-refractivity contribution in [3.63, 3.8) is 0 Å². The van der Waals surface area contributed by atoms with Crippen LogP contribution in [0.25, 0.3) is 11.3 Å². The van der Waals surface area contributed by atoms with E-state index < -0.39 is 5.97 Å². The van der Waals surface area contributed by atoms with Crippen LogP contribution in [0.2, 0.25) is 0 Å². The van der Waals surface area contributed by atoms with E-state index >= 15 is 0 Å². The summed E-state index contributed by atoms with van der Waals surface area (Å²) in [6, 6.07) is 17.4. The van der Waals surface area contributed by atoms with Gasteiger partial charge in [-0.05, 0) is 67.3 Å². The molecule has 3 aromatic carbocycles. The molecular formula is C30H26FN3O5. The van der Waals surface area contributed by atoms with E-state index in [0.29, 0.717) is 29.4 Å². The molecule has 0 saturated heterocycles. The van der Waals surface area contributed by atoms with Crippen LogP contribution in [0.15, 0.2) is 60.8 Å². The van der Waals surface area contributed by atoms with Crippen molar-refractivity contribution in [3.8, 4) is 40.3 Å². The Kier molecular flexibility index (Phi) is 7.19. The van der Waals surface area contributed by atoms with Crippen LogP contribution in [0.5, 0.6) is 23.0 Å². The molecule has 1 unspecified atom stereocenters. The van der Waals surface area contributed by atoms with Crippen LogP contribution in [0, 0.1) is 17.1 Å². The number of aryl methyl sites for hydroxylation is 1. The van der Waals surface area contributed by atoms with Crippen molar-refractivity contribution >= 4 is 5.97 Å². The molecule has 2 heterocycles. The van der Waals surface area contributed by atoms with E-state index in [2.05, 4.69) is 11.2 Å². The monoisotopic (exact) mass is 527 g/mol. The quantitative estimate of drug-likeness (QED) is 0.341. The Labute approximate surface area is 224 Å². The van der Waals surface area contributed by atoms with E-state index in [4.69, 9.17) is 19.7 Å². The summed E-state index contributed by atoms with van der Waals surface area (Å²) in [6.45, 7) is 0.380. The number of hydrogen-bond donors (Lipinski definition) is 2. The van der Waals surface area contributed by atoms with Gasteiger partial charge >= 0.3 is 5.97 Å². The molecule has 1 aromatic heterocycles. The zero-order valence-electron chi connectivity index (χ0n) is 21.2. The summed E-state index contributed by atoms with van der Waals surface area (Å²) in [6.07, 6.45) is 4.25. The summed E-state index contributed by atoms with van der Waals surface area (Å²) in [5.41, 5.74) is 4.78. The minimum absolute atomic E-state index is 0.0672. The third kappa shape index (κ3) is 5.41. The first-order chi connectivity index (χ1) is 18.8. The number of nitrogens with zero attached hydrogens (tertiary/aromatic N) is 3. The maximum atomic E-state index is 13.9. The molecule has 1 atom stereocenters. The van der Waals surface area contributed by atoms with Gasteiger partial charge in [-0.25, -0.2) is 4.39 Å². The molecule has 1 aliphatic heterocycles. The molecule has 8 nitrogen and oxygen atoms in total. The number of carbonyl (C=O) groups is 1. The van der Waals surface area contributed by atoms with Crippen molar-refractivity contribution in [1.82, 2.24) is 9.78 Å². The SMILES string of the molecule is Cn1nccc1-c1ccc(Oc2ccc(F)c3c2CCC3)c(C#N)c1.O=C(O)CC1COc2cc(O)ccc21. The number of aromatic hydroxyl groups is 1. The van der Waals surface area contributed by atoms with Gasteiger partial charge in [0.2, 0.25) is 0 Å². The van der Waals surface area contributed by atoms with Gasteiger partial charge in [0.1, 0.15) is 34.9 Å². The van der Waals surface area contributed by atoms with E-state index in [1.807, 2.05) is 19.2 Å². The number of benzene rings is 3. The van der Waals surface area contributed by atoms with Gasteiger partial charge in [0.25, 0.3) is 0 Å². The van der Waals surface area contributed by atoms with Crippen molar-refractivity contribution in [1.29, 1.82) is 5.26 Å². The number of rotatable bonds is 5. The van der Waals surface area contributed by atoms with Gasteiger partial charge in [0.15, 0.2) is 0 Å². The molecule has 198 valence electrons. The lowest BCUT2D eigenvalue weighted by molar-refractivity contribution is -0.137. The first-order valence-electron chi connectivity index (χ1n) is 12.5. The predicted octanol–water partition coefficient (Wildman–Crippen LogP) is 5.72. The Morgan fingerprint density at radius 3 is 2.69 bits per heavy atom. The zero-order valence-corrected chi connectivity index (χ0v) is 21.2. The number of ether oxygens (including phenoxy) is 2. The second-order valence-electron chi connectivity index (χ2n) is 9.45. The van der Waals surface area contributed by atoms with Crippen LogP contribution in [0.3, 0.4) is 0 Å². The topological polar surface area (TPSA) is 118 Å². The van der Waals surface area contributed by atoms with Crippen LogP contribution >= 0.6 is 0 Å². The molecule has 1 aliphatic carbocycles. The first-order valence-corrected chi connectivity index (χ1v) is 12.5. The predicted molar refractivity (Wildman–Crippen MR) is 140 cm³/mol. The minimum atomic E-state index is -0.834. The van der Waals surface area contributed by atoms with Crippen LogP contribution < -0.4 is 9.47 Å². The lowest BCUT2D eigenvalue weighted by atomic mass is 9.98. The zero-order chi connectivity index (χ0) is 27.5. The van der Waals surface area contributed by atoms with Gasteiger partial charge in [-0.3, -0.25) is 9.48 Å². The van der Waals surface area contributed by atoms with Gasteiger partial charge in [-0.1, -0.05) is 6.07 Å².